The third-order valence-corrected chi connectivity index (χ3v) is 3.87. The average Bonchev–Trinajstić information content (AvgIpc) is 2.35. The van der Waals surface area contributed by atoms with Crippen LogP contribution in [-0.2, 0) is 0 Å². The van der Waals surface area contributed by atoms with Crippen molar-refractivity contribution in [1.82, 2.24) is 4.98 Å². The molecule has 1 aromatic heterocycles. The fourth-order valence-corrected chi connectivity index (χ4v) is 2.97. The highest BCUT2D eigenvalue weighted by Gasteiger charge is 2.41. The number of pyridine rings is 1. The molecular formula is C16H20N2O. The zero-order chi connectivity index (χ0) is 13.5. The highest BCUT2D eigenvalue weighted by atomic mass is 16.3. The second kappa shape index (κ2) is 4.49. The van der Waals surface area contributed by atoms with Gasteiger partial charge < -0.3 is 10.0 Å². The first-order chi connectivity index (χ1) is 9.11. The molecule has 1 saturated heterocycles. The Labute approximate surface area is 113 Å². The minimum absolute atomic E-state index is 0.505. The molecule has 1 fully saturated rings. The van der Waals surface area contributed by atoms with E-state index in [1.807, 2.05) is 18.2 Å². The molecule has 0 aliphatic carbocycles. The Morgan fingerprint density at radius 2 is 2.05 bits per heavy atom. The third-order valence-electron chi connectivity index (χ3n) is 3.87. The molecule has 0 atom stereocenters. The maximum absolute atomic E-state index is 10.3. The number of aryl methyl sites for hydroxylation is 1. The fourth-order valence-electron chi connectivity index (χ4n) is 2.97. The van der Waals surface area contributed by atoms with Gasteiger partial charge in [-0.05, 0) is 31.0 Å². The van der Waals surface area contributed by atoms with Crippen LogP contribution < -0.4 is 4.90 Å². The van der Waals surface area contributed by atoms with Gasteiger partial charge >= 0.3 is 0 Å². The molecule has 0 amide bonds. The maximum Gasteiger partial charge on any atom is 0.132 e. The van der Waals surface area contributed by atoms with Crippen LogP contribution >= 0.6 is 0 Å². The standard InChI is InChI=1S/C16H20N2O/c1-3-8-16(19)10-18(11-16)15-12(2)9-13-6-4-5-7-14(13)17-15/h4-7,9,19H,3,8,10-11H2,1-2H3. The van der Waals surface area contributed by atoms with Crippen molar-refractivity contribution >= 4 is 16.7 Å². The van der Waals surface area contributed by atoms with E-state index >= 15 is 0 Å². The van der Waals surface area contributed by atoms with Crippen LogP contribution in [-0.4, -0.2) is 28.8 Å². The Morgan fingerprint density at radius 3 is 2.79 bits per heavy atom. The summed E-state index contributed by atoms with van der Waals surface area (Å²) in [5, 5.41) is 11.5. The summed E-state index contributed by atoms with van der Waals surface area (Å²) in [6.45, 7) is 5.60. The van der Waals surface area contributed by atoms with Gasteiger partial charge in [-0.3, -0.25) is 0 Å². The highest BCUT2D eigenvalue weighted by molar-refractivity contribution is 5.81. The number of hydrogen-bond donors (Lipinski definition) is 1. The topological polar surface area (TPSA) is 36.4 Å². The van der Waals surface area contributed by atoms with Crippen molar-refractivity contribution in [3.63, 3.8) is 0 Å². The van der Waals surface area contributed by atoms with Gasteiger partial charge in [-0.15, -0.1) is 0 Å². The van der Waals surface area contributed by atoms with E-state index in [0.29, 0.717) is 13.1 Å². The second-order valence-corrected chi connectivity index (χ2v) is 5.65. The quantitative estimate of drug-likeness (QED) is 0.917. The first-order valence-corrected chi connectivity index (χ1v) is 6.95. The molecule has 2 aromatic rings. The molecule has 100 valence electrons. The number of aromatic nitrogens is 1. The van der Waals surface area contributed by atoms with Crippen LogP contribution in [0.25, 0.3) is 10.9 Å². The van der Waals surface area contributed by atoms with Crippen LogP contribution in [0, 0.1) is 6.92 Å². The van der Waals surface area contributed by atoms with Crippen LogP contribution in [0.2, 0.25) is 0 Å². The number of nitrogens with zero attached hydrogens (tertiary/aromatic N) is 2. The molecule has 3 rings (SSSR count). The van der Waals surface area contributed by atoms with Crippen LogP contribution in [0.4, 0.5) is 5.82 Å². The smallest absolute Gasteiger partial charge is 0.132 e. The molecule has 2 heterocycles. The Hall–Kier alpha value is -1.61. The molecule has 0 bridgehead atoms. The van der Waals surface area contributed by atoms with E-state index in [2.05, 4.69) is 30.9 Å². The van der Waals surface area contributed by atoms with Gasteiger partial charge in [0.05, 0.1) is 11.1 Å². The summed E-state index contributed by atoms with van der Waals surface area (Å²) < 4.78 is 0. The molecule has 3 heteroatoms. The van der Waals surface area contributed by atoms with E-state index in [1.165, 1.54) is 10.9 Å². The summed E-state index contributed by atoms with van der Waals surface area (Å²) in [4.78, 5) is 6.92. The molecule has 19 heavy (non-hydrogen) atoms. The molecule has 3 nitrogen and oxygen atoms in total. The van der Waals surface area contributed by atoms with Gasteiger partial charge in [0, 0.05) is 18.5 Å². The predicted molar refractivity (Wildman–Crippen MR) is 78.6 cm³/mol. The van der Waals surface area contributed by atoms with E-state index < -0.39 is 5.60 Å². The number of aliphatic hydroxyl groups is 1. The Bertz CT molecular complexity index is 603. The summed E-state index contributed by atoms with van der Waals surface area (Å²) in [6, 6.07) is 10.3. The highest BCUT2D eigenvalue weighted by Crippen LogP contribution is 2.32. The van der Waals surface area contributed by atoms with Gasteiger partial charge in [0.2, 0.25) is 0 Å². The first kappa shape index (κ1) is 12.4. The van der Waals surface area contributed by atoms with E-state index in [0.717, 1.165) is 24.2 Å². The largest absolute Gasteiger partial charge is 0.386 e. The molecule has 1 N–H and O–H groups in total. The minimum Gasteiger partial charge on any atom is -0.386 e. The van der Waals surface area contributed by atoms with Crippen molar-refractivity contribution in [2.45, 2.75) is 32.3 Å². The normalized spacial score (nSPS) is 17.5. The van der Waals surface area contributed by atoms with E-state index in [4.69, 9.17) is 4.98 Å². The van der Waals surface area contributed by atoms with Crippen LogP contribution in [0.5, 0.6) is 0 Å². The Balaban J connectivity index is 1.88. The molecule has 1 aliphatic heterocycles. The van der Waals surface area contributed by atoms with E-state index in [9.17, 15) is 5.11 Å². The van der Waals surface area contributed by atoms with E-state index in [1.54, 1.807) is 0 Å². The van der Waals surface area contributed by atoms with Gasteiger partial charge in [-0.1, -0.05) is 31.5 Å². The average molecular weight is 256 g/mol. The second-order valence-electron chi connectivity index (χ2n) is 5.65. The van der Waals surface area contributed by atoms with Crippen molar-refractivity contribution in [2.75, 3.05) is 18.0 Å². The van der Waals surface area contributed by atoms with Gasteiger partial charge in [0.25, 0.3) is 0 Å². The number of anilines is 1. The molecule has 0 spiro atoms. The molecular weight excluding hydrogens is 236 g/mol. The number of β-amino-alcohol motifs (C(OH)–C–C–N with tert-alkyl or cyclic N) is 1. The monoisotopic (exact) mass is 256 g/mol. The lowest BCUT2D eigenvalue weighted by atomic mass is 9.89. The molecule has 1 aliphatic rings. The number of hydrogen-bond acceptors (Lipinski definition) is 3. The third kappa shape index (κ3) is 2.19. The molecule has 0 unspecified atom stereocenters. The number of rotatable bonds is 3. The molecule has 0 saturated carbocycles. The Morgan fingerprint density at radius 1 is 1.32 bits per heavy atom. The fraction of sp³-hybridized carbons (Fsp3) is 0.438. The number of benzene rings is 1. The van der Waals surface area contributed by atoms with Crippen molar-refractivity contribution in [3.8, 4) is 0 Å². The van der Waals surface area contributed by atoms with Gasteiger partial charge in [-0.25, -0.2) is 4.98 Å². The first-order valence-electron chi connectivity index (χ1n) is 6.95. The lowest BCUT2D eigenvalue weighted by Crippen LogP contribution is -2.62. The van der Waals surface area contributed by atoms with Crippen molar-refractivity contribution in [3.05, 3.63) is 35.9 Å². The maximum atomic E-state index is 10.3. The minimum atomic E-state index is -0.505. The number of fused-ring (bicyclic) bond motifs is 1. The molecule has 0 radical (unpaired) electrons. The predicted octanol–water partition coefficient (Wildman–Crippen LogP) is 2.89. The van der Waals surface area contributed by atoms with Gasteiger partial charge in [-0.2, -0.15) is 0 Å². The lowest BCUT2D eigenvalue weighted by molar-refractivity contribution is 0.00292. The van der Waals surface area contributed by atoms with Crippen LogP contribution in [0.3, 0.4) is 0 Å². The summed E-state index contributed by atoms with van der Waals surface area (Å²) in [5.74, 6) is 1.01. The summed E-state index contributed by atoms with van der Waals surface area (Å²) in [6.07, 6.45) is 1.89. The zero-order valence-corrected chi connectivity index (χ0v) is 11.6. The zero-order valence-electron chi connectivity index (χ0n) is 11.6. The summed E-state index contributed by atoms with van der Waals surface area (Å²) in [5.41, 5.74) is 1.69. The van der Waals surface area contributed by atoms with Gasteiger partial charge in [0.1, 0.15) is 5.82 Å². The van der Waals surface area contributed by atoms with Crippen LogP contribution in [0.1, 0.15) is 25.3 Å². The lowest BCUT2D eigenvalue weighted by Gasteiger charge is -2.47. The molecule has 1 aromatic carbocycles. The van der Waals surface area contributed by atoms with Crippen molar-refractivity contribution in [1.29, 1.82) is 0 Å². The van der Waals surface area contributed by atoms with Crippen molar-refractivity contribution < 1.29 is 5.11 Å². The van der Waals surface area contributed by atoms with Crippen LogP contribution in [0.15, 0.2) is 30.3 Å². The van der Waals surface area contributed by atoms with Gasteiger partial charge in [0.15, 0.2) is 0 Å². The Kier molecular flexibility index (Phi) is 2.94. The number of para-hydroxylation sites is 1. The summed E-state index contributed by atoms with van der Waals surface area (Å²) in [7, 11) is 0. The van der Waals surface area contributed by atoms with E-state index in [-0.39, 0.29) is 0 Å². The van der Waals surface area contributed by atoms with Crippen molar-refractivity contribution in [2.24, 2.45) is 0 Å². The SMILES string of the molecule is CCCC1(O)CN(c2nc3ccccc3cc2C)C1. The summed E-state index contributed by atoms with van der Waals surface area (Å²) >= 11 is 0.